The Bertz CT molecular complexity index is 621. The summed E-state index contributed by atoms with van der Waals surface area (Å²) in [5.41, 5.74) is 6.90. The Morgan fingerprint density at radius 3 is 2.84 bits per heavy atom. The summed E-state index contributed by atoms with van der Waals surface area (Å²) in [4.78, 5) is 4.26. The fourth-order valence-corrected chi connectivity index (χ4v) is 1.79. The molecule has 0 atom stereocenters. The van der Waals surface area contributed by atoms with Crippen LogP contribution in [0.25, 0.3) is 0 Å². The van der Waals surface area contributed by atoms with Gasteiger partial charge < -0.3 is 10.5 Å². The Kier molecular flexibility index (Phi) is 4.44. The van der Waals surface area contributed by atoms with Gasteiger partial charge in [0.1, 0.15) is 23.2 Å². The molecule has 0 saturated heterocycles. The Balaban J connectivity index is 2.07. The molecule has 2 N–H and O–H groups in total. The quantitative estimate of drug-likeness (QED) is 0.868. The van der Waals surface area contributed by atoms with E-state index in [1.807, 2.05) is 0 Å². The van der Waals surface area contributed by atoms with E-state index in [0.717, 1.165) is 5.56 Å². The first-order valence-corrected chi connectivity index (χ1v) is 6.59. The van der Waals surface area contributed by atoms with Gasteiger partial charge in [0.2, 0.25) is 0 Å². The number of nitrogens with zero attached hydrogens (tertiary/aromatic N) is 1. The van der Waals surface area contributed by atoms with Crippen molar-refractivity contribution in [2.75, 3.05) is 0 Å². The highest BCUT2D eigenvalue weighted by Crippen LogP contribution is 2.21. The molecule has 1 aromatic carbocycles. The highest BCUT2D eigenvalue weighted by Gasteiger charge is 2.03. The van der Waals surface area contributed by atoms with E-state index in [0.29, 0.717) is 22.5 Å². The Hall–Kier alpha value is -1.53. The molecule has 0 radical (unpaired) electrons. The number of rotatable bonds is 4. The fraction of sp³-hybridized carbons (Fsp3) is 0.0769. The van der Waals surface area contributed by atoms with E-state index in [1.165, 1.54) is 6.07 Å². The van der Waals surface area contributed by atoms with E-state index in [1.54, 1.807) is 30.5 Å². The summed E-state index contributed by atoms with van der Waals surface area (Å²) in [7, 11) is 0. The van der Waals surface area contributed by atoms with Gasteiger partial charge in [0.15, 0.2) is 0 Å². The van der Waals surface area contributed by atoms with Gasteiger partial charge in [0.25, 0.3) is 0 Å². The highest BCUT2D eigenvalue weighted by atomic mass is 79.9. The van der Waals surface area contributed by atoms with Gasteiger partial charge in [-0.05, 0) is 45.8 Å². The smallest absolute Gasteiger partial charge is 0.141 e. The molecule has 0 fully saturated rings. The van der Waals surface area contributed by atoms with Crippen LogP contribution >= 0.6 is 28.1 Å². The average Bonchev–Trinajstić information content (AvgIpc) is 2.40. The molecule has 0 aliphatic rings. The summed E-state index contributed by atoms with van der Waals surface area (Å²) in [6, 6.07) is 8.13. The zero-order chi connectivity index (χ0) is 13.8. The van der Waals surface area contributed by atoms with Crippen LogP contribution in [-0.2, 0) is 6.61 Å². The minimum Gasteiger partial charge on any atom is -0.489 e. The number of hydrogen-bond acceptors (Lipinski definition) is 3. The third-order valence-corrected chi connectivity index (χ3v) is 3.23. The predicted octanol–water partition coefficient (Wildman–Crippen LogP) is 3.20. The molecule has 1 heterocycles. The maximum Gasteiger partial charge on any atom is 0.141 e. The van der Waals surface area contributed by atoms with E-state index < -0.39 is 0 Å². The van der Waals surface area contributed by atoms with E-state index in [4.69, 9.17) is 22.7 Å². The lowest BCUT2D eigenvalue weighted by molar-refractivity contribution is 0.304. The topological polar surface area (TPSA) is 48.1 Å². The maximum absolute atomic E-state index is 13.3. The van der Waals surface area contributed by atoms with Crippen molar-refractivity contribution in [1.29, 1.82) is 0 Å². The van der Waals surface area contributed by atoms with Crippen LogP contribution in [0.2, 0.25) is 0 Å². The van der Waals surface area contributed by atoms with Gasteiger partial charge in [-0.15, -0.1) is 0 Å². The van der Waals surface area contributed by atoms with E-state index in [9.17, 15) is 4.39 Å². The minimum absolute atomic E-state index is 0.233. The molecule has 1 aromatic heterocycles. The first-order valence-electron chi connectivity index (χ1n) is 5.39. The van der Waals surface area contributed by atoms with Crippen molar-refractivity contribution in [3.8, 4) is 5.75 Å². The van der Waals surface area contributed by atoms with Crippen LogP contribution in [0, 0.1) is 5.82 Å². The van der Waals surface area contributed by atoms with Crippen molar-refractivity contribution in [1.82, 2.24) is 4.98 Å². The standard InChI is InChI=1S/C13H10BrFN2OS/c14-10-2-1-9(6-11(10)15)18-7-8-3-4-17-12(5-8)13(16)19/h1-6H,7H2,(H2,16,19). The zero-order valence-corrected chi connectivity index (χ0v) is 12.2. The molecule has 2 rings (SSSR count). The van der Waals surface area contributed by atoms with Crippen molar-refractivity contribution >= 4 is 33.1 Å². The lowest BCUT2D eigenvalue weighted by atomic mass is 10.2. The van der Waals surface area contributed by atoms with Crippen LogP contribution in [0.4, 0.5) is 4.39 Å². The second-order valence-electron chi connectivity index (χ2n) is 3.78. The Labute approximate surface area is 123 Å². The van der Waals surface area contributed by atoms with Crippen LogP contribution in [0.1, 0.15) is 11.3 Å². The van der Waals surface area contributed by atoms with Crippen LogP contribution in [0.5, 0.6) is 5.75 Å². The molecule has 6 heteroatoms. The second-order valence-corrected chi connectivity index (χ2v) is 5.07. The molecular weight excluding hydrogens is 331 g/mol. The third-order valence-electron chi connectivity index (χ3n) is 2.37. The molecular formula is C13H10BrFN2OS. The van der Waals surface area contributed by atoms with E-state index in [2.05, 4.69) is 20.9 Å². The van der Waals surface area contributed by atoms with Crippen molar-refractivity contribution in [2.45, 2.75) is 6.61 Å². The Morgan fingerprint density at radius 2 is 2.16 bits per heavy atom. The van der Waals surface area contributed by atoms with Crippen molar-refractivity contribution < 1.29 is 9.13 Å². The third kappa shape index (κ3) is 3.71. The SMILES string of the molecule is NC(=S)c1cc(COc2ccc(Br)c(F)c2)ccn1. The van der Waals surface area contributed by atoms with Gasteiger partial charge in [-0.1, -0.05) is 12.2 Å². The molecule has 0 amide bonds. The fourth-order valence-electron chi connectivity index (χ4n) is 1.43. The minimum atomic E-state index is -0.365. The lowest BCUT2D eigenvalue weighted by Gasteiger charge is -2.07. The van der Waals surface area contributed by atoms with Crippen molar-refractivity contribution in [2.24, 2.45) is 5.73 Å². The number of ether oxygens (including phenoxy) is 1. The molecule has 3 nitrogen and oxygen atoms in total. The van der Waals surface area contributed by atoms with Crippen molar-refractivity contribution in [3.63, 3.8) is 0 Å². The summed E-state index contributed by atoms with van der Waals surface area (Å²) in [6.07, 6.45) is 1.61. The van der Waals surface area contributed by atoms with Gasteiger partial charge >= 0.3 is 0 Å². The molecule has 0 aliphatic carbocycles. The monoisotopic (exact) mass is 340 g/mol. The number of halogens is 2. The second kappa shape index (κ2) is 6.08. The number of nitrogens with two attached hydrogens (primary N) is 1. The number of benzene rings is 1. The Morgan fingerprint density at radius 1 is 1.37 bits per heavy atom. The summed E-state index contributed by atoms with van der Waals surface area (Å²) in [6.45, 7) is 0.291. The molecule has 0 bridgehead atoms. The predicted molar refractivity (Wildman–Crippen MR) is 78.6 cm³/mol. The van der Waals surface area contributed by atoms with Gasteiger partial charge in [-0.3, -0.25) is 4.98 Å². The molecule has 0 aliphatic heterocycles. The van der Waals surface area contributed by atoms with Gasteiger partial charge in [0.05, 0.1) is 10.2 Å². The summed E-state index contributed by atoms with van der Waals surface area (Å²) in [5.74, 6) is 0.0884. The van der Waals surface area contributed by atoms with Crippen molar-refractivity contribution in [3.05, 3.63) is 58.1 Å². The molecule has 19 heavy (non-hydrogen) atoms. The first kappa shape index (κ1) is 13.9. The van der Waals surface area contributed by atoms with Gasteiger partial charge in [-0.25, -0.2) is 4.39 Å². The molecule has 0 unspecified atom stereocenters. The average molecular weight is 341 g/mol. The van der Waals surface area contributed by atoms with Gasteiger partial charge in [0, 0.05) is 12.3 Å². The summed E-state index contributed by atoms with van der Waals surface area (Å²) >= 11 is 7.93. The number of pyridine rings is 1. The zero-order valence-electron chi connectivity index (χ0n) is 9.77. The van der Waals surface area contributed by atoms with Crippen LogP contribution in [-0.4, -0.2) is 9.97 Å². The van der Waals surface area contributed by atoms with Gasteiger partial charge in [-0.2, -0.15) is 0 Å². The molecule has 0 spiro atoms. The van der Waals surface area contributed by atoms with Crippen LogP contribution in [0.15, 0.2) is 41.0 Å². The van der Waals surface area contributed by atoms with Crippen LogP contribution in [0.3, 0.4) is 0 Å². The van der Waals surface area contributed by atoms with Crippen LogP contribution < -0.4 is 10.5 Å². The lowest BCUT2D eigenvalue weighted by Crippen LogP contribution is -2.12. The summed E-state index contributed by atoms with van der Waals surface area (Å²) < 4.78 is 19.2. The first-order chi connectivity index (χ1) is 9.06. The normalized spacial score (nSPS) is 10.2. The number of thiocarbonyl (C=S) groups is 1. The molecule has 98 valence electrons. The van der Waals surface area contributed by atoms with E-state index in [-0.39, 0.29) is 10.8 Å². The highest BCUT2D eigenvalue weighted by molar-refractivity contribution is 9.10. The molecule has 2 aromatic rings. The maximum atomic E-state index is 13.3. The summed E-state index contributed by atoms with van der Waals surface area (Å²) in [5, 5.41) is 0. The number of aromatic nitrogens is 1. The number of hydrogen-bond donors (Lipinski definition) is 1. The molecule has 0 saturated carbocycles. The van der Waals surface area contributed by atoms with E-state index >= 15 is 0 Å². The largest absolute Gasteiger partial charge is 0.489 e.